The normalized spacial score (nSPS) is 17.9. The smallest absolute Gasteiger partial charge is 0.251 e. The highest BCUT2D eigenvalue weighted by atomic mass is 16.3. The van der Waals surface area contributed by atoms with Crippen molar-refractivity contribution in [1.29, 1.82) is 5.26 Å². The third-order valence-corrected chi connectivity index (χ3v) is 4.00. The van der Waals surface area contributed by atoms with Gasteiger partial charge < -0.3 is 14.9 Å². The van der Waals surface area contributed by atoms with E-state index < -0.39 is 6.10 Å². The summed E-state index contributed by atoms with van der Waals surface area (Å²) in [5.41, 5.74) is 0.728. The molecule has 0 radical (unpaired) electrons. The van der Waals surface area contributed by atoms with Gasteiger partial charge >= 0.3 is 0 Å². The Kier molecular flexibility index (Phi) is 6.70. The molecule has 0 saturated carbocycles. The number of amides is 2. The number of nitriles is 1. The Morgan fingerprint density at radius 1 is 1.46 bits per heavy atom. The average molecular weight is 330 g/mol. The van der Waals surface area contributed by atoms with Crippen LogP contribution in [0.15, 0.2) is 24.4 Å². The van der Waals surface area contributed by atoms with Crippen LogP contribution in [-0.2, 0) is 16.1 Å². The zero-order valence-electron chi connectivity index (χ0n) is 13.6. The van der Waals surface area contributed by atoms with Crippen LogP contribution >= 0.6 is 0 Å². The second-order valence-electron chi connectivity index (χ2n) is 5.82. The molecule has 0 aromatic carbocycles. The SMILES string of the molecule is N#CCCN(Cc1ccccn1)C(=O)CN1CCCCC(O)C1=O. The average Bonchev–Trinajstić information content (AvgIpc) is 2.75. The largest absolute Gasteiger partial charge is 0.383 e. The lowest BCUT2D eigenvalue weighted by atomic mass is 10.2. The molecule has 0 bridgehead atoms. The van der Waals surface area contributed by atoms with Crippen LogP contribution in [0.1, 0.15) is 31.4 Å². The van der Waals surface area contributed by atoms with Crippen molar-refractivity contribution in [1.82, 2.24) is 14.8 Å². The Morgan fingerprint density at radius 3 is 3.00 bits per heavy atom. The second-order valence-corrected chi connectivity index (χ2v) is 5.82. The van der Waals surface area contributed by atoms with E-state index in [4.69, 9.17) is 5.26 Å². The first-order valence-corrected chi connectivity index (χ1v) is 8.13. The molecule has 1 N–H and O–H groups in total. The zero-order valence-corrected chi connectivity index (χ0v) is 13.6. The van der Waals surface area contributed by atoms with Crippen LogP contribution in [0.4, 0.5) is 0 Å². The second kappa shape index (κ2) is 8.99. The molecular weight excluding hydrogens is 308 g/mol. The van der Waals surface area contributed by atoms with E-state index in [9.17, 15) is 14.7 Å². The van der Waals surface area contributed by atoms with Crippen LogP contribution in [-0.4, -0.2) is 57.4 Å². The summed E-state index contributed by atoms with van der Waals surface area (Å²) in [7, 11) is 0. The maximum atomic E-state index is 12.6. The van der Waals surface area contributed by atoms with E-state index in [1.54, 1.807) is 12.3 Å². The Morgan fingerprint density at radius 2 is 2.29 bits per heavy atom. The van der Waals surface area contributed by atoms with Crippen LogP contribution in [0.5, 0.6) is 0 Å². The van der Waals surface area contributed by atoms with E-state index in [2.05, 4.69) is 4.98 Å². The maximum absolute atomic E-state index is 12.6. The molecule has 1 aliphatic rings. The maximum Gasteiger partial charge on any atom is 0.251 e. The fourth-order valence-corrected chi connectivity index (χ4v) is 2.67. The highest BCUT2D eigenvalue weighted by Gasteiger charge is 2.28. The monoisotopic (exact) mass is 330 g/mol. The van der Waals surface area contributed by atoms with Gasteiger partial charge in [-0.05, 0) is 31.4 Å². The van der Waals surface area contributed by atoms with Crippen molar-refractivity contribution in [3.8, 4) is 6.07 Å². The van der Waals surface area contributed by atoms with Gasteiger partial charge in [-0.25, -0.2) is 0 Å². The molecule has 1 unspecified atom stereocenters. The molecule has 2 rings (SSSR count). The molecule has 128 valence electrons. The van der Waals surface area contributed by atoms with E-state index in [0.29, 0.717) is 19.5 Å². The Balaban J connectivity index is 2.03. The molecule has 1 aromatic heterocycles. The third kappa shape index (κ3) is 5.03. The van der Waals surface area contributed by atoms with Gasteiger partial charge in [0.15, 0.2) is 0 Å². The molecule has 2 amide bonds. The molecule has 2 heterocycles. The molecule has 1 aromatic rings. The molecule has 7 heteroatoms. The molecule has 7 nitrogen and oxygen atoms in total. The van der Waals surface area contributed by atoms with Crippen molar-refractivity contribution in [2.24, 2.45) is 0 Å². The molecular formula is C17H22N4O3. The number of aliphatic hydroxyl groups is 1. The minimum Gasteiger partial charge on any atom is -0.383 e. The number of aliphatic hydroxyl groups excluding tert-OH is 1. The lowest BCUT2D eigenvalue weighted by Crippen LogP contribution is -2.45. The van der Waals surface area contributed by atoms with Gasteiger partial charge in [-0.2, -0.15) is 5.26 Å². The molecule has 1 aliphatic heterocycles. The summed E-state index contributed by atoms with van der Waals surface area (Å²) in [6, 6.07) is 7.48. The Labute approximate surface area is 141 Å². The van der Waals surface area contributed by atoms with E-state index in [-0.39, 0.29) is 31.3 Å². The van der Waals surface area contributed by atoms with Crippen molar-refractivity contribution < 1.29 is 14.7 Å². The molecule has 24 heavy (non-hydrogen) atoms. The van der Waals surface area contributed by atoms with Crippen LogP contribution in [0.2, 0.25) is 0 Å². The van der Waals surface area contributed by atoms with Crippen molar-refractivity contribution in [3.05, 3.63) is 30.1 Å². The molecule has 1 atom stereocenters. The van der Waals surface area contributed by atoms with Gasteiger partial charge in [0, 0.05) is 19.3 Å². The van der Waals surface area contributed by atoms with E-state index in [1.807, 2.05) is 18.2 Å². The van der Waals surface area contributed by atoms with Crippen LogP contribution in [0.25, 0.3) is 0 Å². The first kappa shape index (κ1) is 17.9. The minimum absolute atomic E-state index is 0.0752. The summed E-state index contributed by atoms with van der Waals surface area (Å²) in [6.45, 7) is 0.980. The number of hydrogen-bond donors (Lipinski definition) is 1. The summed E-state index contributed by atoms with van der Waals surface area (Å²) >= 11 is 0. The number of likely N-dealkylation sites (tertiary alicyclic amines) is 1. The minimum atomic E-state index is -1.02. The van der Waals surface area contributed by atoms with Crippen LogP contribution < -0.4 is 0 Å². The molecule has 1 fully saturated rings. The quantitative estimate of drug-likeness (QED) is 0.828. The van der Waals surface area contributed by atoms with Crippen molar-refractivity contribution in [3.63, 3.8) is 0 Å². The summed E-state index contributed by atoms with van der Waals surface area (Å²) in [4.78, 5) is 31.9. The fourth-order valence-electron chi connectivity index (χ4n) is 2.67. The first-order valence-electron chi connectivity index (χ1n) is 8.13. The number of aromatic nitrogens is 1. The van der Waals surface area contributed by atoms with Gasteiger partial charge in [0.1, 0.15) is 6.10 Å². The summed E-state index contributed by atoms with van der Waals surface area (Å²) in [5, 5.41) is 18.6. The van der Waals surface area contributed by atoms with Crippen molar-refractivity contribution in [2.75, 3.05) is 19.6 Å². The van der Waals surface area contributed by atoms with Crippen LogP contribution in [0.3, 0.4) is 0 Å². The topological polar surface area (TPSA) is 97.5 Å². The number of nitrogens with zero attached hydrogens (tertiary/aromatic N) is 4. The van der Waals surface area contributed by atoms with E-state index in [1.165, 1.54) is 9.80 Å². The summed E-state index contributed by atoms with van der Waals surface area (Å²) in [6.07, 6.45) is 2.82. The molecule has 0 aliphatic carbocycles. The summed E-state index contributed by atoms with van der Waals surface area (Å²) < 4.78 is 0. The lowest BCUT2D eigenvalue weighted by Gasteiger charge is -2.27. The Bertz CT molecular complexity index is 600. The van der Waals surface area contributed by atoms with Gasteiger partial charge in [-0.3, -0.25) is 14.6 Å². The number of hydrogen-bond acceptors (Lipinski definition) is 5. The molecule has 1 saturated heterocycles. The first-order chi connectivity index (χ1) is 11.6. The summed E-state index contributed by atoms with van der Waals surface area (Å²) in [5.74, 6) is -0.628. The van der Waals surface area contributed by atoms with Gasteiger partial charge in [-0.15, -0.1) is 0 Å². The van der Waals surface area contributed by atoms with Gasteiger partial charge in [-0.1, -0.05) is 6.07 Å². The highest BCUT2D eigenvalue weighted by molar-refractivity contribution is 5.87. The van der Waals surface area contributed by atoms with Gasteiger partial charge in [0.2, 0.25) is 5.91 Å². The fraction of sp³-hybridized carbons (Fsp3) is 0.529. The molecule has 0 spiro atoms. The predicted molar refractivity (Wildman–Crippen MR) is 86.3 cm³/mol. The van der Waals surface area contributed by atoms with Crippen molar-refractivity contribution >= 4 is 11.8 Å². The zero-order chi connectivity index (χ0) is 17.4. The van der Waals surface area contributed by atoms with E-state index in [0.717, 1.165) is 18.5 Å². The Hall–Kier alpha value is -2.46. The highest BCUT2D eigenvalue weighted by Crippen LogP contribution is 2.13. The number of rotatable bonds is 6. The van der Waals surface area contributed by atoms with Crippen LogP contribution in [0, 0.1) is 11.3 Å². The third-order valence-electron chi connectivity index (χ3n) is 4.00. The standard InChI is InChI=1S/C17H22N4O3/c18-8-5-11-20(12-14-6-1-3-9-19-14)16(23)13-21-10-4-2-7-15(22)17(21)24/h1,3,6,9,15,22H,2,4-5,7,10-13H2. The number of pyridine rings is 1. The van der Waals surface area contributed by atoms with Gasteiger partial charge in [0.25, 0.3) is 5.91 Å². The van der Waals surface area contributed by atoms with Crippen molar-refractivity contribution in [2.45, 2.75) is 38.3 Å². The number of carbonyl (C=O) groups is 2. The van der Waals surface area contributed by atoms with Gasteiger partial charge in [0.05, 0.1) is 31.3 Å². The number of carbonyl (C=O) groups excluding carboxylic acids is 2. The predicted octanol–water partition coefficient (Wildman–Crippen LogP) is 0.697. The lowest BCUT2D eigenvalue weighted by molar-refractivity contribution is -0.145. The van der Waals surface area contributed by atoms with E-state index >= 15 is 0 Å².